The van der Waals surface area contributed by atoms with Gasteiger partial charge in [0.25, 0.3) is 0 Å². The smallest absolute Gasteiger partial charge is 0.315 e. The third-order valence-electron chi connectivity index (χ3n) is 3.70. The first-order valence-electron chi connectivity index (χ1n) is 6.87. The van der Waals surface area contributed by atoms with E-state index < -0.39 is 0 Å². The fourth-order valence-electron chi connectivity index (χ4n) is 2.36. The van der Waals surface area contributed by atoms with Crippen LogP contribution in [0.3, 0.4) is 0 Å². The van der Waals surface area contributed by atoms with Crippen molar-refractivity contribution < 1.29 is 4.79 Å². The summed E-state index contributed by atoms with van der Waals surface area (Å²) >= 11 is 12.2. The Morgan fingerprint density at radius 3 is 3.00 bits per heavy atom. The Morgan fingerprint density at radius 2 is 2.27 bits per heavy atom. The highest BCUT2D eigenvalue weighted by Gasteiger charge is 2.40. The summed E-state index contributed by atoms with van der Waals surface area (Å²) in [5.74, 6) is 0.909. The Hall–Kier alpha value is -1.79. The van der Waals surface area contributed by atoms with Crippen LogP contribution < -0.4 is 10.6 Å². The number of nitrogens with one attached hydrogen (secondary N) is 2. The van der Waals surface area contributed by atoms with Gasteiger partial charge in [-0.15, -0.1) is 0 Å². The van der Waals surface area contributed by atoms with Gasteiger partial charge in [0, 0.05) is 19.0 Å². The molecule has 2 aromatic rings. The summed E-state index contributed by atoms with van der Waals surface area (Å²) in [6.07, 6.45) is 2.31. The zero-order chi connectivity index (χ0) is 15.7. The second kappa shape index (κ2) is 6.14. The maximum Gasteiger partial charge on any atom is 0.315 e. The third-order valence-corrected chi connectivity index (χ3v) is 4.53. The van der Waals surface area contributed by atoms with Gasteiger partial charge < -0.3 is 10.6 Å². The molecule has 1 fully saturated rings. The van der Waals surface area contributed by atoms with Crippen LogP contribution >= 0.6 is 23.2 Å². The number of carbonyl (C=O) groups is 1. The van der Waals surface area contributed by atoms with Gasteiger partial charge in [0.05, 0.1) is 16.6 Å². The molecule has 2 unspecified atom stereocenters. The van der Waals surface area contributed by atoms with E-state index in [1.807, 2.05) is 12.1 Å². The lowest BCUT2D eigenvalue weighted by atomic mass is 10.1. The molecule has 1 aliphatic carbocycles. The van der Waals surface area contributed by atoms with E-state index in [2.05, 4.69) is 20.7 Å². The minimum absolute atomic E-state index is 0.0791. The first-order valence-corrected chi connectivity index (χ1v) is 7.63. The Bertz CT molecular complexity index is 702. The van der Waals surface area contributed by atoms with Gasteiger partial charge in [0.1, 0.15) is 12.2 Å². The molecule has 1 saturated carbocycles. The van der Waals surface area contributed by atoms with Crippen LogP contribution in [0.25, 0.3) is 0 Å². The average molecular weight is 340 g/mol. The quantitative estimate of drug-likeness (QED) is 0.898. The molecule has 1 heterocycles. The van der Waals surface area contributed by atoms with Gasteiger partial charge in [-0.05, 0) is 18.1 Å². The summed E-state index contributed by atoms with van der Waals surface area (Å²) in [4.78, 5) is 15.9. The van der Waals surface area contributed by atoms with Gasteiger partial charge in [-0.2, -0.15) is 5.10 Å². The number of amides is 2. The van der Waals surface area contributed by atoms with Crippen molar-refractivity contribution in [2.75, 3.05) is 0 Å². The second-order valence-corrected chi connectivity index (χ2v) is 6.00. The maximum atomic E-state index is 11.9. The number of aryl methyl sites for hydroxylation is 1. The van der Waals surface area contributed by atoms with Crippen LogP contribution in [0.1, 0.15) is 23.7 Å². The molecule has 1 aromatic carbocycles. The number of carbonyl (C=O) groups excluding carboxylic acids is 1. The highest BCUT2D eigenvalue weighted by atomic mass is 35.5. The standard InChI is InChI=1S/C14H15Cl2N5O/c1-21-12(18-7-19-21)6-17-14(22)20-11-5-9(11)8-3-2-4-10(15)13(8)16/h2-4,7,9,11H,5-6H2,1H3,(H2,17,20,22). The van der Waals surface area contributed by atoms with E-state index in [1.165, 1.54) is 6.33 Å². The summed E-state index contributed by atoms with van der Waals surface area (Å²) in [5.41, 5.74) is 0.979. The lowest BCUT2D eigenvalue weighted by molar-refractivity contribution is 0.239. The van der Waals surface area contributed by atoms with Gasteiger partial charge in [-0.3, -0.25) is 4.68 Å². The van der Waals surface area contributed by atoms with Crippen LogP contribution in [0.5, 0.6) is 0 Å². The van der Waals surface area contributed by atoms with E-state index in [-0.39, 0.29) is 18.0 Å². The molecule has 0 radical (unpaired) electrons. The van der Waals surface area contributed by atoms with Crippen LogP contribution in [-0.4, -0.2) is 26.8 Å². The van der Waals surface area contributed by atoms with Crippen molar-refractivity contribution in [3.05, 3.63) is 46.0 Å². The highest BCUT2D eigenvalue weighted by molar-refractivity contribution is 6.42. The molecule has 1 aromatic heterocycles. The molecule has 0 aliphatic heterocycles. The first-order chi connectivity index (χ1) is 10.6. The Morgan fingerprint density at radius 1 is 1.45 bits per heavy atom. The minimum atomic E-state index is -0.228. The SMILES string of the molecule is Cn1ncnc1CNC(=O)NC1CC1c1cccc(Cl)c1Cl. The molecule has 116 valence electrons. The van der Waals surface area contributed by atoms with Gasteiger partial charge in [0.2, 0.25) is 0 Å². The molecular formula is C14H15Cl2N5O. The molecular weight excluding hydrogens is 325 g/mol. The molecule has 8 heteroatoms. The van der Waals surface area contributed by atoms with Crippen molar-refractivity contribution in [1.82, 2.24) is 25.4 Å². The Labute approximate surface area is 137 Å². The maximum absolute atomic E-state index is 11.9. The lowest BCUT2D eigenvalue weighted by Gasteiger charge is -2.08. The van der Waals surface area contributed by atoms with Crippen LogP contribution in [0.2, 0.25) is 10.0 Å². The number of aromatic nitrogens is 3. The molecule has 0 saturated heterocycles. The lowest BCUT2D eigenvalue weighted by Crippen LogP contribution is -2.37. The van der Waals surface area contributed by atoms with E-state index in [0.717, 1.165) is 12.0 Å². The summed E-state index contributed by atoms with van der Waals surface area (Å²) in [6, 6.07) is 5.42. The zero-order valence-electron chi connectivity index (χ0n) is 11.9. The van der Waals surface area contributed by atoms with Crippen molar-refractivity contribution in [3.63, 3.8) is 0 Å². The van der Waals surface area contributed by atoms with Gasteiger partial charge >= 0.3 is 6.03 Å². The van der Waals surface area contributed by atoms with E-state index in [0.29, 0.717) is 22.4 Å². The predicted octanol–water partition coefficient (Wildman–Crippen LogP) is 2.48. The normalized spacial score (nSPS) is 19.8. The molecule has 0 spiro atoms. The monoisotopic (exact) mass is 339 g/mol. The third kappa shape index (κ3) is 3.18. The first kappa shape index (κ1) is 15.1. The van der Waals surface area contributed by atoms with Gasteiger partial charge in [0.15, 0.2) is 0 Å². The number of nitrogens with zero attached hydrogens (tertiary/aromatic N) is 3. The Kier molecular flexibility index (Phi) is 4.22. The van der Waals surface area contributed by atoms with Crippen molar-refractivity contribution in [2.45, 2.75) is 24.9 Å². The van der Waals surface area contributed by atoms with Crippen molar-refractivity contribution in [1.29, 1.82) is 0 Å². The van der Waals surface area contributed by atoms with Crippen molar-refractivity contribution in [3.8, 4) is 0 Å². The zero-order valence-corrected chi connectivity index (χ0v) is 13.4. The fraction of sp³-hybridized carbons (Fsp3) is 0.357. The van der Waals surface area contributed by atoms with E-state index >= 15 is 0 Å². The molecule has 2 N–H and O–H groups in total. The summed E-state index contributed by atoms with van der Waals surface area (Å²) < 4.78 is 1.62. The fourth-order valence-corrected chi connectivity index (χ4v) is 2.81. The van der Waals surface area contributed by atoms with Gasteiger partial charge in [-0.25, -0.2) is 9.78 Å². The number of hydrogen-bond acceptors (Lipinski definition) is 3. The molecule has 6 nitrogen and oxygen atoms in total. The number of rotatable bonds is 4. The second-order valence-electron chi connectivity index (χ2n) is 5.22. The number of benzene rings is 1. The van der Waals surface area contributed by atoms with Crippen LogP contribution in [0.15, 0.2) is 24.5 Å². The molecule has 3 rings (SSSR count). The number of halogens is 2. The highest BCUT2D eigenvalue weighted by Crippen LogP contribution is 2.45. The van der Waals surface area contributed by atoms with Gasteiger partial charge in [-0.1, -0.05) is 35.3 Å². The largest absolute Gasteiger partial charge is 0.335 e. The number of urea groups is 1. The molecule has 2 amide bonds. The minimum Gasteiger partial charge on any atom is -0.335 e. The summed E-state index contributed by atoms with van der Waals surface area (Å²) in [5, 5.41) is 10.7. The van der Waals surface area contributed by atoms with E-state index in [9.17, 15) is 4.79 Å². The van der Waals surface area contributed by atoms with Crippen molar-refractivity contribution >= 4 is 29.2 Å². The molecule has 1 aliphatic rings. The predicted molar refractivity (Wildman–Crippen MR) is 84.0 cm³/mol. The molecule has 22 heavy (non-hydrogen) atoms. The summed E-state index contributed by atoms with van der Waals surface area (Å²) in [7, 11) is 1.78. The Balaban J connectivity index is 1.52. The van der Waals surface area contributed by atoms with E-state index in [4.69, 9.17) is 23.2 Å². The van der Waals surface area contributed by atoms with Crippen LogP contribution in [-0.2, 0) is 13.6 Å². The summed E-state index contributed by atoms with van der Waals surface area (Å²) in [6.45, 7) is 0.331. The topological polar surface area (TPSA) is 71.8 Å². The number of hydrogen-bond donors (Lipinski definition) is 2. The van der Waals surface area contributed by atoms with Crippen molar-refractivity contribution in [2.24, 2.45) is 7.05 Å². The molecule has 2 atom stereocenters. The average Bonchev–Trinajstić information content (AvgIpc) is 3.11. The van der Waals surface area contributed by atoms with Crippen LogP contribution in [0.4, 0.5) is 4.79 Å². The van der Waals surface area contributed by atoms with E-state index in [1.54, 1.807) is 17.8 Å². The van der Waals surface area contributed by atoms with Crippen LogP contribution in [0, 0.1) is 0 Å². The molecule has 0 bridgehead atoms.